The van der Waals surface area contributed by atoms with E-state index in [1.807, 2.05) is 6.92 Å². The van der Waals surface area contributed by atoms with E-state index in [1.165, 1.54) is 0 Å². The van der Waals surface area contributed by atoms with E-state index in [0.29, 0.717) is 6.42 Å². The maximum atomic E-state index is 10.3. The van der Waals surface area contributed by atoms with Crippen LogP contribution in [0.2, 0.25) is 0 Å². The molecule has 0 aromatic heterocycles. The van der Waals surface area contributed by atoms with Crippen LogP contribution in [0.1, 0.15) is 71.1 Å². The van der Waals surface area contributed by atoms with Gasteiger partial charge in [0.05, 0.1) is 18.6 Å². The first-order chi connectivity index (χ1) is 8.56. The minimum absolute atomic E-state index is 0.142. The lowest BCUT2D eigenvalue weighted by atomic mass is 10.0. The highest BCUT2D eigenvalue weighted by Crippen LogP contribution is 2.12. The summed E-state index contributed by atoms with van der Waals surface area (Å²) in [5, 5.41) is 27.2. The Morgan fingerprint density at radius 1 is 0.889 bits per heavy atom. The van der Waals surface area contributed by atoms with E-state index in [-0.39, 0.29) is 12.5 Å². The van der Waals surface area contributed by atoms with E-state index in [1.54, 1.807) is 0 Å². The molecule has 0 saturated carbocycles. The van der Waals surface area contributed by atoms with Crippen LogP contribution in [-0.4, -0.2) is 33.5 Å². The number of unbranched alkanes of at least 4 members (excludes halogenated alkanes) is 5. The van der Waals surface area contributed by atoms with Gasteiger partial charge in [0.15, 0.2) is 0 Å². The number of carbonyl (C=O) groups is 1. The molecule has 0 saturated heterocycles. The van der Waals surface area contributed by atoms with Gasteiger partial charge in [-0.25, -0.2) is 0 Å². The van der Waals surface area contributed by atoms with Crippen LogP contribution in [0.15, 0.2) is 0 Å². The average Bonchev–Trinajstić information content (AvgIpc) is 2.31. The molecule has 18 heavy (non-hydrogen) atoms. The first-order valence-corrected chi connectivity index (χ1v) is 7.14. The van der Waals surface area contributed by atoms with Gasteiger partial charge in [0.1, 0.15) is 0 Å². The van der Waals surface area contributed by atoms with Gasteiger partial charge < -0.3 is 15.3 Å². The van der Waals surface area contributed by atoms with Crippen LogP contribution in [0.5, 0.6) is 0 Å². The maximum Gasteiger partial charge on any atom is 0.305 e. The molecule has 2 unspecified atom stereocenters. The quantitative estimate of drug-likeness (QED) is 0.471. The van der Waals surface area contributed by atoms with E-state index in [0.717, 1.165) is 51.4 Å². The Labute approximate surface area is 110 Å². The molecule has 0 aliphatic carbocycles. The molecule has 0 aromatic rings. The number of hydrogen-bond donors (Lipinski definition) is 3. The largest absolute Gasteiger partial charge is 0.481 e. The summed E-state index contributed by atoms with van der Waals surface area (Å²) in [6.45, 7) is 1.99. The van der Waals surface area contributed by atoms with Gasteiger partial charge in [-0.05, 0) is 19.3 Å². The number of hydrogen-bond acceptors (Lipinski definition) is 3. The summed E-state index contributed by atoms with van der Waals surface area (Å²) in [6, 6.07) is 0. The van der Waals surface area contributed by atoms with Gasteiger partial charge in [0.2, 0.25) is 0 Å². The minimum atomic E-state index is -0.933. The normalized spacial score (nSPS) is 14.4. The Morgan fingerprint density at radius 3 is 1.78 bits per heavy atom. The monoisotopic (exact) mass is 260 g/mol. The fraction of sp³-hybridized carbons (Fsp3) is 0.929. The lowest BCUT2D eigenvalue weighted by molar-refractivity contribution is -0.139. The molecule has 0 aliphatic heterocycles. The number of aliphatic carboxylic acids is 1. The summed E-state index contributed by atoms with van der Waals surface area (Å²) in [7, 11) is 0. The first kappa shape index (κ1) is 17.4. The van der Waals surface area contributed by atoms with Crippen molar-refractivity contribution in [2.24, 2.45) is 0 Å². The van der Waals surface area contributed by atoms with Crippen LogP contribution in [0.4, 0.5) is 0 Å². The molecule has 0 aliphatic rings. The average molecular weight is 260 g/mol. The number of carboxylic acid groups (broad SMARTS) is 1. The molecular formula is C14H28O4. The third kappa shape index (κ3) is 11.9. The number of aliphatic hydroxyl groups is 2. The second-order valence-electron chi connectivity index (χ2n) is 5.01. The molecule has 0 aromatic carbocycles. The molecule has 0 heterocycles. The highest BCUT2D eigenvalue weighted by atomic mass is 16.4. The summed E-state index contributed by atoms with van der Waals surface area (Å²) < 4.78 is 0. The Morgan fingerprint density at radius 2 is 1.33 bits per heavy atom. The predicted octanol–water partition coefficient (Wildman–Crippen LogP) is 2.71. The lowest BCUT2D eigenvalue weighted by Gasteiger charge is -2.08. The number of carboxylic acids is 1. The topological polar surface area (TPSA) is 77.8 Å². The van der Waals surface area contributed by atoms with E-state index >= 15 is 0 Å². The smallest absolute Gasteiger partial charge is 0.305 e. The molecule has 2 atom stereocenters. The highest BCUT2D eigenvalue weighted by molar-refractivity contribution is 5.67. The van der Waals surface area contributed by atoms with Crippen LogP contribution in [0, 0.1) is 0 Å². The fourth-order valence-electron chi connectivity index (χ4n) is 1.97. The third-order valence-electron chi connectivity index (χ3n) is 3.21. The number of rotatable bonds is 12. The van der Waals surface area contributed by atoms with Crippen LogP contribution >= 0.6 is 0 Å². The van der Waals surface area contributed by atoms with E-state index < -0.39 is 12.1 Å². The number of aliphatic hydroxyl groups excluding tert-OH is 2. The molecule has 0 radical (unpaired) electrons. The summed E-state index contributed by atoms with van der Waals surface area (Å²) in [6.07, 6.45) is 7.79. The van der Waals surface area contributed by atoms with Crippen molar-refractivity contribution in [2.75, 3.05) is 0 Å². The van der Waals surface area contributed by atoms with Gasteiger partial charge in [-0.15, -0.1) is 0 Å². The summed E-state index contributed by atoms with van der Waals surface area (Å²) >= 11 is 0. The van der Waals surface area contributed by atoms with Crippen LogP contribution < -0.4 is 0 Å². The molecule has 4 heteroatoms. The van der Waals surface area contributed by atoms with E-state index in [4.69, 9.17) is 5.11 Å². The van der Waals surface area contributed by atoms with Crippen LogP contribution in [0.3, 0.4) is 0 Å². The molecule has 0 rings (SSSR count). The third-order valence-corrected chi connectivity index (χ3v) is 3.21. The van der Waals surface area contributed by atoms with Crippen LogP contribution in [0.25, 0.3) is 0 Å². The summed E-state index contributed by atoms with van der Waals surface area (Å²) in [5.41, 5.74) is 0. The van der Waals surface area contributed by atoms with Gasteiger partial charge in [-0.1, -0.05) is 45.4 Å². The Kier molecular flexibility index (Phi) is 11.1. The fourth-order valence-corrected chi connectivity index (χ4v) is 1.97. The Bertz CT molecular complexity index is 206. The van der Waals surface area contributed by atoms with E-state index in [2.05, 4.69) is 0 Å². The molecule has 0 spiro atoms. The van der Waals surface area contributed by atoms with Crippen molar-refractivity contribution in [3.63, 3.8) is 0 Å². The van der Waals surface area contributed by atoms with Gasteiger partial charge in [-0.3, -0.25) is 4.79 Å². The second-order valence-corrected chi connectivity index (χ2v) is 5.01. The SMILES string of the molecule is CCC(O)CCCCCCCCC(O)CC(=O)O. The van der Waals surface area contributed by atoms with Crippen molar-refractivity contribution in [1.29, 1.82) is 0 Å². The highest BCUT2D eigenvalue weighted by Gasteiger charge is 2.08. The van der Waals surface area contributed by atoms with Crippen molar-refractivity contribution >= 4 is 5.97 Å². The predicted molar refractivity (Wildman–Crippen MR) is 71.5 cm³/mol. The van der Waals surface area contributed by atoms with Crippen molar-refractivity contribution in [3.05, 3.63) is 0 Å². The van der Waals surface area contributed by atoms with Crippen molar-refractivity contribution < 1.29 is 20.1 Å². The van der Waals surface area contributed by atoms with Crippen molar-refractivity contribution in [2.45, 2.75) is 83.3 Å². The molecule has 4 nitrogen and oxygen atoms in total. The van der Waals surface area contributed by atoms with Gasteiger partial charge in [0, 0.05) is 0 Å². The minimum Gasteiger partial charge on any atom is -0.481 e. The van der Waals surface area contributed by atoms with Gasteiger partial charge >= 0.3 is 5.97 Å². The second kappa shape index (κ2) is 11.5. The molecular weight excluding hydrogens is 232 g/mol. The molecule has 3 N–H and O–H groups in total. The van der Waals surface area contributed by atoms with E-state index in [9.17, 15) is 15.0 Å². The zero-order valence-corrected chi connectivity index (χ0v) is 11.5. The molecule has 0 amide bonds. The zero-order valence-electron chi connectivity index (χ0n) is 11.5. The maximum absolute atomic E-state index is 10.3. The van der Waals surface area contributed by atoms with Gasteiger partial charge in [-0.2, -0.15) is 0 Å². The molecule has 0 fully saturated rings. The standard InChI is InChI=1S/C14H28O4/c1-2-12(15)9-7-5-3-4-6-8-10-13(16)11-14(17)18/h12-13,15-16H,2-11H2,1H3,(H,17,18). The van der Waals surface area contributed by atoms with Crippen molar-refractivity contribution in [1.82, 2.24) is 0 Å². The summed E-state index contributed by atoms with van der Waals surface area (Å²) in [5.74, 6) is -0.933. The first-order valence-electron chi connectivity index (χ1n) is 7.14. The summed E-state index contributed by atoms with van der Waals surface area (Å²) in [4.78, 5) is 10.3. The van der Waals surface area contributed by atoms with Crippen LogP contribution in [-0.2, 0) is 4.79 Å². The zero-order chi connectivity index (χ0) is 13.8. The van der Waals surface area contributed by atoms with Crippen molar-refractivity contribution in [3.8, 4) is 0 Å². The Hall–Kier alpha value is -0.610. The molecule has 0 bridgehead atoms. The lowest BCUT2D eigenvalue weighted by Crippen LogP contribution is -2.12. The van der Waals surface area contributed by atoms with Gasteiger partial charge in [0.25, 0.3) is 0 Å². The Balaban J connectivity index is 3.18. The molecule has 108 valence electrons.